The maximum atomic E-state index is 11.3. The third-order valence-electron chi connectivity index (χ3n) is 2.39. The Balaban J connectivity index is 2.17. The predicted molar refractivity (Wildman–Crippen MR) is 51.9 cm³/mol. The zero-order valence-electron chi connectivity index (χ0n) is 8.62. The van der Waals surface area contributed by atoms with Crippen molar-refractivity contribution in [2.45, 2.75) is 25.7 Å². The van der Waals surface area contributed by atoms with Crippen molar-refractivity contribution in [3.63, 3.8) is 0 Å². The highest BCUT2D eigenvalue weighted by Gasteiger charge is 2.22. The van der Waals surface area contributed by atoms with Gasteiger partial charge in [0.05, 0.1) is 6.42 Å². The van der Waals surface area contributed by atoms with Crippen LogP contribution in [0.5, 0.6) is 0 Å². The second kappa shape index (κ2) is 5.75. The molecule has 4 heteroatoms. The van der Waals surface area contributed by atoms with Crippen molar-refractivity contribution in [3.8, 4) is 0 Å². The van der Waals surface area contributed by atoms with Crippen LogP contribution in [-0.2, 0) is 14.3 Å². The summed E-state index contributed by atoms with van der Waals surface area (Å²) in [7, 11) is 1.67. The van der Waals surface area contributed by atoms with Gasteiger partial charge in [-0.3, -0.25) is 9.59 Å². The van der Waals surface area contributed by atoms with Gasteiger partial charge in [-0.05, 0) is 12.8 Å². The molecule has 80 valence electrons. The number of piperidine rings is 1. The SMILES string of the molecule is COCCCCN1CCC(=O)CC1=O. The summed E-state index contributed by atoms with van der Waals surface area (Å²) in [5, 5.41) is 0. The molecule has 4 nitrogen and oxygen atoms in total. The van der Waals surface area contributed by atoms with Crippen LogP contribution in [0.1, 0.15) is 25.7 Å². The molecular formula is C10H17NO3. The first-order valence-electron chi connectivity index (χ1n) is 5.02. The summed E-state index contributed by atoms with van der Waals surface area (Å²) in [6, 6.07) is 0. The number of nitrogens with zero attached hydrogens (tertiary/aromatic N) is 1. The highest BCUT2D eigenvalue weighted by atomic mass is 16.5. The Labute approximate surface area is 84.2 Å². The van der Waals surface area contributed by atoms with E-state index < -0.39 is 0 Å². The molecule has 0 N–H and O–H groups in total. The number of likely N-dealkylation sites (tertiary alicyclic amines) is 1. The first kappa shape index (κ1) is 11.2. The molecule has 0 aromatic heterocycles. The molecule has 1 aliphatic heterocycles. The van der Waals surface area contributed by atoms with Crippen LogP contribution in [0.2, 0.25) is 0 Å². The molecule has 0 radical (unpaired) electrons. The normalized spacial score (nSPS) is 17.6. The van der Waals surface area contributed by atoms with Crippen molar-refractivity contribution in [1.29, 1.82) is 0 Å². The summed E-state index contributed by atoms with van der Waals surface area (Å²) >= 11 is 0. The van der Waals surface area contributed by atoms with Gasteiger partial charge in [0.2, 0.25) is 5.91 Å². The van der Waals surface area contributed by atoms with E-state index in [2.05, 4.69) is 0 Å². The smallest absolute Gasteiger partial charge is 0.230 e. The maximum Gasteiger partial charge on any atom is 0.230 e. The first-order valence-corrected chi connectivity index (χ1v) is 5.02. The van der Waals surface area contributed by atoms with Crippen molar-refractivity contribution in [3.05, 3.63) is 0 Å². The van der Waals surface area contributed by atoms with E-state index in [9.17, 15) is 9.59 Å². The van der Waals surface area contributed by atoms with Crippen molar-refractivity contribution < 1.29 is 14.3 Å². The number of amides is 1. The molecule has 1 heterocycles. The Morgan fingerprint density at radius 3 is 2.79 bits per heavy atom. The van der Waals surface area contributed by atoms with Crippen LogP contribution in [0.25, 0.3) is 0 Å². The molecule has 1 amide bonds. The second-order valence-corrected chi connectivity index (χ2v) is 3.55. The van der Waals surface area contributed by atoms with Crippen LogP contribution < -0.4 is 0 Å². The lowest BCUT2D eigenvalue weighted by molar-refractivity contribution is -0.139. The van der Waals surface area contributed by atoms with Crippen LogP contribution in [0.4, 0.5) is 0 Å². The van der Waals surface area contributed by atoms with Gasteiger partial charge in [0.15, 0.2) is 0 Å². The summed E-state index contributed by atoms with van der Waals surface area (Å²) < 4.78 is 4.92. The monoisotopic (exact) mass is 199 g/mol. The summed E-state index contributed by atoms with van der Waals surface area (Å²) in [6.45, 7) is 2.10. The van der Waals surface area contributed by atoms with Crippen LogP contribution in [0.3, 0.4) is 0 Å². The Hall–Kier alpha value is -0.900. The summed E-state index contributed by atoms with van der Waals surface area (Å²) in [5.41, 5.74) is 0. The fourth-order valence-electron chi connectivity index (χ4n) is 1.54. The molecule has 1 rings (SSSR count). The lowest BCUT2D eigenvalue weighted by Crippen LogP contribution is -2.39. The number of carbonyl (C=O) groups is 2. The molecule has 0 aliphatic carbocycles. The number of unbranched alkanes of at least 4 members (excludes halogenated alkanes) is 1. The highest BCUT2D eigenvalue weighted by Crippen LogP contribution is 2.08. The van der Waals surface area contributed by atoms with E-state index in [-0.39, 0.29) is 18.1 Å². The van der Waals surface area contributed by atoms with Crippen LogP contribution >= 0.6 is 0 Å². The largest absolute Gasteiger partial charge is 0.385 e. The Kier molecular flexibility index (Phi) is 4.59. The topological polar surface area (TPSA) is 46.6 Å². The van der Waals surface area contributed by atoms with Crippen molar-refractivity contribution in [1.82, 2.24) is 4.90 Å². The van der Waals surface area contributed by atoms with E-state index in [1.54, 1.807) is 12.0 Å². The molecule has 0 unspecified atom stereocenters. The standard InChI is InChI=1S/C10H17NO3/c1-14-7-3-2-5-11-6-4-9(12)8-10(11)13/h2-8H2,1H3. The molecule has 0 saturated carbocycles. The minimum absolute atomic E-state index is 0.0151. The van der Waals surface area contributed by atoms with Crippen molar-refractivity contribution in [2.24, 2.45) is 0 Å². The fourth-order valence-corrected chi connectivity index (χ4v) is 1.54. The van der Waals surface area contributed by atoms with E-state index in [0.29, 0.717) is 13.0 Å². The fraction of sp³-hybridized carbons (Fsp3) is 0.800. The molecule has 1 aliphatic rings. The molecule has 14 heavy (non-hydrogen) atoms. The van der Waals surface area contributed by atoms with Gasteiger partial charge >= 0.3 is 0 Å². The second-order valence-electron chi connectivity index (χ2n) is 3.55. The Morgan fingerprint density at radius 2 is 2.14 bits per heavy atom. The van der Waals surface area contributed by atoms with Crippen LogP contribution in [-0.4, -0.2) is 43.4 Å². The van der Waals surface area contributed by atoms with Crippen LogP contribution in [0, 0.1) is 0 Å². The third kappa shape index (κ3) is 3.46. The number of Topliss-reactive ketones (excluding diaryl/α,β-unsaturated/α-hetero) is 1. The van der Waals surface area contributed by atoms with Crippen molar-refractivity contribution in [2.75, 3.05) is 26.8 Å². The lowest BCUT2D eigenvalue weighted by Gasteiger charge is -2.25. The van der Waals surface area contributed by atoms with Gasteiger partial charge in [-0.1, -0.05) is 0 Å². The molecule has 0 bridgehead atoms. The van der Waals surface area contributed by atoms with Gasteiger partial charge in [0.25, 0.3) is 0 Å². The quantitative estimate of drug-likeness (QED) is 0.481. The Morgan fingerprint density at radius 1 is 1.36 bits per heavy atom. The third-order valence-corrected chi connectivity index (χ3v) is 2.39. The molecule has 0 spiro atoms. The van der Waals surface area contributed by atoms with E-state index in [4.69, 9.17) is 4.74 Å². The molecule has 0 aromatic rings. The number of hydrogen-bond acceptors (Lipinski definition) is 3. The number of ketones is 1. The molecule has 1 saturated heterocycles. The van der Waals surface area contributed by atoms with Crippen molar-refractivity contribution >= 4 is 11.7 Å². The van der Waals surface area contributed by atoms with E-state index in [0.717, 1.165) is 26.0 Å². The van der Waals surface area contributed by atoms with Gasteiger partial charge in [-0.25, -0.2) is 0 Å². The number of hydrogen-bond donors (Lipinski definition) is 0. The number of methoxy groups -OCH3 is 1. The Bertz CT molecular complexity index is 215. The molecule has 0 atom stereocenters. The zero-order chi connectivity index (χ0) is 10.4. The first-order chi connectivity index (χ1) is 6.74. The maximum absolute atomic E-state index is 11.3. The predicted octanol–water partition coefficient (Wildman–Crippen LogP) is 0.604. The summed E-state index contributed by atoms with van der Waals surface area (Å²) in [6.07, 6.45) is 2.54. The summed E-state index contributed by atoms with van der Waals surface area (Å²) in [4.78, 5) is 24.0. The molecule has 1 fully saturated rings. The van der Waals surface area contributed by atoms with Gasteiger partial charge < -0.3 is 9.64 Å². The number of ether oxygens (including phenoxy) is 1. The van der Waals surface area contributed by atoms with E-state index in [1.807, 2.05) is 0 Å². The lowest BCUT2D eigenvalue weighted by atomic mass is 10.1. The average Bonchev–Trinajstić information content (AvgIpc) is 2.15. The highest BCUT2D eigenvalue weighted by molar-refractivity contribution is 6.00. The summed E-state index contributed by atoms with van der Waals surface area (Å²) in [5.74, 6) is 0.0572. The number of rotatable bonds is 5. The van der Waals surface area contributed by atoms with Gasteiger partial charge in [0.1, 0.15) is 5.78 Å². The minimum atomic E-state index is -0.0151. The van der Waals surface area contributed by atoms with Crippen LogP contribution in [0.15, 0.2) is 0 Å². The molecule has 0 aromatic carbocycles. The van der Waals surface area contributed by atoms with E-state index in [1.165, 1.54) is 0 Å². The van der Waals surface area contributed by atoms with Gasteiger partial charge in [-0.2, -0.15) is 0 Å². The average molecular weight is 199 g/mol. The van der Waals surface area contributed by atoms with E-state index >= 15 is 0 Å². The van der Waals surface area contributed by atoms with Gasteiger partial charge in [-0.15, -0.1) is 0 Å². The number of carbonyl (C=O) groups excluding carboxylic acids is 2. The zero-order valence-corrected chi connectivity index (χ0v) is 8.62. The molecular weight excluding hydrogens is 182 g/mol. The minimum Gasteiger partial charge on any atom is -0.385 e. The van der Waals surface area contributed by atoms with Gasteiger partial charge in [0, 0.05) is 33.2 Å².